The largest absolute Gasteiger partial charge is 0.506 e. The summed E-state index contributed by atoms with van der Waals surface area (Å²) in [7, 11) is 2.20. The Morgan fingerprint density at radius 3 is 2.88 bits per heavy atom. The molecule has 1 aliphatic rings. The predicted octanol–water partition coefficient (Wildman–Crippen LogP) is 1.36. The lowest BCUT2D eigenvalue weighted by atomic mass is 10.2. The number of pyridine rings is 1. The third-order valence-electron chi connectivity index (χ3n) is 3.37. The van der Waals surface area contributed by atoms with Crippen LogP contribution in [0.3, 0.4) is 0 Å². The summed E-state index contributed by atoms with van der Waals surface area (Å²) in [6.45, 7) is 3.97. The Labute approximate surface area is 103 Å². The number of aromatic nitrogens is 1. The van der Waals surface area contributed by atoms with E-state index in [1.54, 1.807) is 6.07 Å². The zero-order valence-corrected chi connectivity index (χ0v) is 10.6. The Bertz CT molecular complexity index is 348. The van der Waals surface area contributed by atoms with Gasteiger partial charge in [0.05, 0.1) is 11.9 Å². The summed E-state index contributed by atoms with van der Waals surface area (Å²) < 4.78 is 0. The van der Waals surface area contributed by atoms with E-state index < -0.39 is 0 Å². The molecular formula is C13H21N3O. The third kappa shape index (κ3) is 3.68. The van der Waals surface area contributed by atoms with Crippen LogP contribution in [0.4, 0.5) is 0 Å². The maximum absolute atomic E-state index is 9.12. The molecule has 2 rings (SSSR count). The van der Waals surface area contributed by atoms with Gasteiger partial charge in [0.2, 0.25) is 0 Å². The average molecular weight is 235 g/mol. The minimum atomic E-state index is 0.218. The first-order chi connectivity index (χ1) is 8.16. The lowest BCUT2D eigenvalue weighted by molar-refractivity contribution is 0.241. The van der Waals surface area contributed by atoms with Crippen molar-refractivity contribution < 1.29 is 5.11 Å². The molecule has 94 valence electrons. The van der Waals surface area contributed by atoms with E-state index in [1.165, 1.54) is 19.0 Å². The fourth-order valence-electron chi connectivity index (χ4n) is 1.92. The minimum absolute atomic E-state index is 0.218. The predicted molar refractivity (Wildman–Crippen MR) is 67.9 cm³/mol. The van der Waals surface area contributed by atoms with Crippen LogP contribution in [0.1, 0.15) is 25.5 Å². The van der Waals surface area contributed by atoms with Crippen LogP contribution in [-0.4, -0.2) is 40.7 Å². The number of rotatable bonds is 6. The Hall–Kier alpha value is -1.13. The van der Waals surface area contributed by atoms with Gasteiger partial charge in [-0.15, -0.1) is 0 Å². The van der Waals surface area contributed by atoms with E-state index in [0.717, 1.165) is 24.8 Å². The summed E-state index contributed by atoms with van der Waals surface area (Å²) in [6, 6.07) is 4.87. The average Bonchev–Trinajstić information content (AvgIpc) is 3.14. The van der Waals surface area contributed by atoms with Crippen LogP contribution in [0.2, 0.25) is 0 Å². The molecule has 1 atom stereocenters. The maximum Gasteiger partial charge on any atom is 0.133 e. The molecular weight excluding hydrogens is 214 g/mol. The zero-order valence-electron chi connectivity index (χ0n) is 10.6. The van der Waals surface area contributed by atoms with Crippen molar-refractivity contribution in [3.05, 3.63) is 24.0 Å². The number of nitrogens with one attached hydrogen (secondary N) is 1. The Morgan fingerprint density at radius 1 is 1.53 bits per heavy atom. The second-order valence-corrected chi connectivity index (χ2v) is 4.88. The Balaban J connectivity index is 1.69. The molecule has 0 spiro atoms. The van der Waals surface area contributed by atoms with Crippen LogP contribution >= 0.6 is 0 Å². The molecule has 2 N–H and O–H groups in total. The van der Waals surface area contributed by atoms with Gasteiger partial charge in [-0.05, 0) is 38.9 Å². The summed E-state index contributed by atoms with van der Waals surface area (Å²) in [5.41, 5.74) is 0.962. The molecule has 0 aliphatic heterocycles. The van der Waals surface area contributed by atoms with Crippen molar-refractivity contribution in [2.75, 3.05) is 13.6 Å². The summed E-state index contributed by atoms with van der Waals surface area (Å²) in [6.07, 6.45) is 4.18. The summed E-state index contributed by atoms with van der Waals surface area (Å²) in [5.74, 6) is 0.218. The molecule has 0 saturated heterocycles. The molecule has 0 aromatic carbocycles. The van der Waals surface area contributed by atoms with Gasteiger partial charge in [0.15, 0.2) is 0 Å². The molecule has 4 nitrogen and oxygen atoms in total. The van der Waals surface area contributed by atoms with Gasteiger partial charge in [0, 0.05) is 25.2 Å². The summed E-state index contributed by atoms with van der Waals surface area (Å²) in [4.78, 5) is 6.58. The van der Waals surface area contributed by atoms with Crippen LogP contribution in [0.5, 0.6) is 5.75 Å². The molecule has 1 fully saturated rings. The van der Waals surface area contributed by atoms with E-state index in [4.69, 9.17) is 5.11 Å². The van der Waals surface area contributed by atoms with E-state index in [-0.39, 0.29) is 5.75 Å². The van der Waals surface area contributed by atoms with E-state index in [9.17, 15) is 0 Å². The molecule has 1 aromatic rings. The number of hydrogen-bond donors (Lipinski definition) is 2. The van der Waals surface area contributed by atoms with Gasteiger partial charge in [-0.3, -0.25) is 9.88 Å². The standard InChI is InChI=1S/C13H21N3O/c1-10(16(2)12-4-5-12)7-14-8-11-3-6-13(17)9-15-11/h3,6,9-10,12,14,17H,4-5,7-8H2,1-2H3. The van der Waals surface area contributed by atoms with Crippen molar-refractivity contribution in [1.82, 2.24) is 15.2 Å². The van der Waals surface area contributed by atoms with Gasteiger partial charge >= 0.3 is 0 Å². The normalized spacial score (nSPS) is 17.4. The number of likely N-dealkylation sites (N-methyl/N-ethyl adjacent to an activating group) is 1. The molecule has 0 bridgehead atoms. The zero-order chi connectivity index (χ0) is 12.3. The summed E-state index contributed by atoms with van der Waals surface area (Å²) >= 11 is 0. The maximum atomic E-state index is 9.12. The third-order valence-corrected chi connectivity index (χ3v) is 3.37. The number of hydrogen-bond acceptors (Lipinski definition) is 4. The highest BCUT2D eigenvalue weighted by Gasteiger charge is 2.28. The van der Waals surface area contributed by atoms with Crippen molar-refractivity contribution in [2.24, 2.45) is 0 Å². The van der Waals surface area contributed by atoms with Crippen LogP contribution in [0, 0.1) is 0 Å². The van der Waals surface area contributed by atoms with Crippen LogP contribution in [0.15, 0.2) is 18.3 Å². The first-order valence-corrected chi connectivity index (χ1v) is 6.23. The Kier molecular flexibility index (Phi) is 3.97. The SMILES string of the molecule is CC(CNCc1ccc(O)cn1)N(C)C1CC1. The first kappa shape index (κ1) is 12.3. The second-order valence-electron chi connectivity index (χ2n) is 4.88. The van der Waals surface area contributed by atoms with Crippen molar-refractivity contribution in [2.45, 2.75) is 38.4 Å². The molecule has 1 unspecified atom stereocenters. The molecule has 1 saturated carbocycles. The lowest BCUT2D eigenvalue weighted by Gasteiger charge is -2.24. The monoisotopic (exact) mass is 235 g/mol. The topological polar surface area (TPSA) is 48.4 Å². The van der Waals surface area contributed by atoms with Crippen LogP contribution < -0.4 is 5.32 Å². The van der Waals surface area contributed by atoms with E-state index in [2.05, 4.69) is 29.2 Å². The quantitative estimate of drug-likeness (QED) is 0.781. The highest BCUT2D eigenvalue weighted by molar-refractivity contribution is 5.17. The Morgan fingerprint density at radius 2 is 2.29 bits per heavy atom. The fraction of sp³-hybridized carbons (Fsp3) is 0.615. The van der Waals surface area contributed by atoms with Gasteiger partial charge in [-0.25, -0.2) is 0 Å². The van der Waals surface area contributed by atoms with Crippen LogP contribution in [0.25, 0.3) is 0 Å². The van der Waals surface area contributed by atoms with Crippen LogP contribution in [-0.2, 0) is 6.54 Å². The highest BCUT2D eigenvalue weighted by atomic mass is 16.3. The van der Waals surface area contributed by atoms with Gasteiger partial charge in [-0.1, -0.05) is 0 Å². The second kappa shape index (κ2) is 5.47. The van der Waals surface area contributed by atoms with Crippen molar-refractivity contribution >= 4 is 0 Å². The molecule has 4 heteroatoms. The van der Waals surface area contributed by atoms with Gasteiger partial charge in [0.25, 0.3) is 0 Å². The molecule has 1 aromatic heterocycles. The van der Waals surface area contributed by atoms with E-state index in [0.29, 0.717) is 6.04 Å². The summed E-state index contributed by atoms with van der Waals surface area (Å²) in [5, 5.41) is 12.5. The molecule has 17 heavy (non-hydrogen) atoms. The number of aromatic hydroxyl groups is 1. The van der Waals surface area contributed by atoms with Gasteiger partial charge < -0.3 is 10.4 Å². The smallest absolute Gasteiger partial charge is 0.133 e. The van der Waals surface area contributed by atoms with Gasteiger partial charge in [-0.2, -0.15) is 0 Å². The number of nitrogens with zero attached hydrogens (tertiary/aromatic N) is 2. The van der Waals surface area contributed by atoms with Crippen molar-refractivity contribution in [3.63, 3.8) is 0 Å². The fourth-order valence-corrected chi connectivity index (χ4v) is 1.92. The molecule has 0 radical (unpaired) electrons. The van der Waals surface area contributed by atoms with Gasteiger partial charge in [0.1, 0.15) is 5.75 Å². The first-order valence-electron chi connectivity index (χ1n) is 6.23. The van der Waals surface area contributed by atoms with Crippen molar-refractivity contribution in [3.8, 4) is 5.75 Å². The molecule has 1 aliphatic carbocycles. The van der Waals surface area contributed by atoms with E-state index >= 15 is 0 Å². The van der Waals surface area contributed by atoms with Crippen molar-refractivity contribution in [1.29, 1.82) is 0 Å². The molecule has 1 heterocycles. The van der Waals surface area contributed by atoms with E-state index in [1.807, 2.05) is 6.07 Å². The minimum Gasteiger partial charge on any atom is -0.506 e. The molecule has 0 amide bonds. The lowest BCUT2D eigenvalue weighted by Crippen LogP contribution is -2.39. The highest BCUT2D eigenvalue weighted by Crippen LogP contribution is 2.26.